The molecule has 0 fully saturated rings. The molecule has 1 aliphatic rings. The van der Waals surface area contributed by atoms with Crippen molar-refractivity contribution in [1.82, 2.24) is 4.90 Å². The minimum Gasteiger partial charge on any atom is -0.478 e. The van der Waals surface area contributed by atoms with Gasteiger partial charge in [0.05, 0.1) is 16.3 Å². The second kappa shape index (κ2) is 11.3. The zero-order valence-corrected chi connectivity index (χ0v) is 18.8. The lowest BCUT2D eigenvalue weighted by atomic mass is 10.1. The van der Waals surface area contributed by atoms with Gasteiger partial charge in [-0.1, -0.05) is 30.8 Å². The van der Waals surface area contributed by atoms with Crippen molar-refractivity contribution in [2.24, 2.45) is 5.92 Å². The molecule has 0 saturated carbocycles. The maximum absolute atomic E-state index is 11.2. The van der Waals surface area contributed by atoms with E-state index >= 15 is 0 Å². The third-order valence-corrected chi connectivity index (χ3v) is 5.49. The van der Waals surface area contributed by atoms with Crippen molar-refractivity contribution < 1.29 is 24.7 Å². The molecule has 1 aliphatic heterocycles. The number of nitro benzene ring substituents is 1. The molecule has 1 atom stereocenters. The lowest BCUT2D eigenvalue weighted by Gasteiger charge is -2.35. The first-order valence-electron chi connectivity index (χ1n) is 9.70. The number of benzene rings is 2. The normalized spacial score (nSPS) is 13.1. The van der Waals surface area contributed by atoms with Gasteiger partial charge in [-0.15, -0.1) is 0 Å². The predicted molar refractivity (Wildman–Crippen MR) is 123 cm³/mol. The summed E-state index contributed by atoms with van der Waals surface area (Å²) < 4.78 is 0. The highest BCUT2D eigenvalue weighted by molar-refractivity contribution is 7.99. The molecule has 0 saturated heterocycles. The van der Waals surface area contributed by atoms with Gasteiger partial charge in [-0.05, 0) is 38.2 Å². The molecule has 0 bridgehead atoms. The van der Waals surface area contributed by atoms with Crippen molar-refractivity contribution in [1.29, 1.82) is 0 Å². The van der Waals surface area contributed by atoms with Crippen molar-refractivity contribution in [3.63, 3.8) is 0 Å². The average Bonchev–Trinajstić information content (AvgIpc) is 2.71. The van der Waals surface area contributed by atoms with E-state index in [0.29, 0.717) is 18.1 Å². The summed E-state index contributed by atoms with van der Waals surface area (Å²) in [5, 5.41) is 26.8. The van der Waals surface area contributed by atoms with Crippen molar-refractivity contribution in [2.45, 2.75) is 16.7 Å². The number of para-hydroxylation sites is 1. The van der Waals surface area contributed by atoms with E-state index in [1.54, 1.807) is 23.9 Å². The summed E-state index contributed by atoms with van der Waals surface area (Å²) in [4.78, 5) is 36.6. The number of non-ortho nitro benzene ring substituents is 1. The number of fused-ring (bicyclic) bond motifs is 2. The van der Waals surface area contributed by atoms with Crippen LogP contribution in [0, 0.1) is 16.0 Å². The molecule has 0 aromatic heterocycles. The second-order valence-corrected chi connectivity index (χ2v) is 8.55. The van der Waals surface area contributed by atoms with E-state index in [2.05, 4.69) is 43.0 Å². The van der Waals surface area contributed by atoms with E-state index in [-0.39, 0.29) is 10.6 Å². The fourth-order valence-corrected chi connectivity index (χ4v) is 4.34. The Balaban J connectivity index is 0.000000390. The van der Waals surface area contributed by atoms with E-state index in [9.17, 15) is 19.7 Å². The number of hydrogen-bond acceptors (Lipinski definition) is 7. The lowest BCUT2D eigenvalue weighted by molar-refractivity contribution is -0.384. The van der Waals surface area contributed by atoms with Gasteiger partial charge in [0.1, 0.15) is 0 Å². The summed E-state index contributed by atoms with van der Waals surface area (Å²) in [6.45, 7) is 4.00. The van der Waals surface area contributed by atoms with Crippen molar-refractivity contribution in [2.75, 3.05) is 32.1 Å². The van der Waals surface area contributed by atoms with Gasteiger partial charge in [0.25, 0.3) is 5.69 Å². The molecule has 9 nitrogen and oxygen atoms in total. The molecule has 2 N–H and O–H groups in total. The summed E-state index contributed by atoms with van der Waals surface area (Å²) in [6.07, 6.45) is 1.12. The second-order valence-electron chi connectivity index (χ2n) is 7.47. The van der Waals surface area contributed by atoms with E-state index in [0.717, 1.165) is 29.4 Å². The largest absolute Gasteiger partial charge is 0.478 e. The predicted octanol–water partition coefficient (Wildman–Crippen LogP) is 4.11. The zero-order valence-electron chi connectivity index (χ0n) is 18.0. The molecule has 1 unspecified atom stereocenters. The Kier molecular flexibility index (Phi) is 8.80. The standard InChI is InChI=1S/C18H21N3O2S.C4H4O4/c1-13(11-19(2)3)12-20-15-6-4-5-7-17(15)24-18-9-8-14(21(22)23)10-16(18)20;5-3(6)1-2-4(7)8/h4-10,13H,11-12H2,1-3H3;1-2H,(H,5,6)(H,7,8). The average molecular weight is 460 g/mol. The maximum atomic E-state index is 11.2. The summed E-state index contributed by atoms with van der Waals surface area (Å²) in [7, 11) is 4.13. The summed E-state index contributed by atoms with van der Waals surface area (Å²) >= 11 is 1.67. The van der Waals surface area contributed by atoms with Crippen LogP contribution < -0.4 is 4.90 Å². The zero-order chi connectivity index (χ0) is 23.8. The Hall–Kier alpha value is -3.37. The fraction of sp³-hybridized carbons (Fsp3) is 0.273. The van der Waals surface area contributed by atoms with Crippen LogP contribution in [0.3, 0.4) is 0 Å². The van der Waals surface area contributed by atoms with E-state index in [1.165, 1.54) is 4.90 Å². The van der Waals surface area contributed by atoms with Crippen molar-refractivity contribution >= 4 is 40.8 Å². The number of nitro groups is 1. The number of carboxylic acids is 2. The van der Waals surface area contributed by atoms with Gasteiger partial charge >= 0.3 is 11.9 Å². The molecular weight excluding hydrogens is 434 g/mol. The van der Waals surface area contributed by atoms with E-state index in [4.69, 9.17) is 10.2 Å². The molecule has 0 amide bonds. The highest BCUT2D eigenvalue weighted by atomic mass is 32.2. The SMILES string of the molecule is CC(CN(C)C)CN1c2ccccc2Sc2ccc([N+](=O)[O-])cc21.O=C(O)C=CC(=O)O. The Morgan fingerprint density at radius 1 is 1.09 bits per heavy atom. The van der Waals surface area contributed by atoms with Gasteiger partial charge in [-0.2, -0.15) is 0 Å². The Morgan fingerprint density at radius 3 is 2.25 bits per heavy atom. The monoisotopic (exact) mass is 459 g/mol. The number of aliphatic carboxylic acids is 2. The molecule has 2 aromatic rings. The van der Waals surface area contributed by atoms with Gasteiger partial charge in [-0.3, -0.25) is 10.1 Å². The van der Waals surface area contributed by atoms with Gasteiger partial charge in [0.15, 0.2) is 0 Å². The summed E-state index contributed by atoms with van der Waals surface area (Å²) in [6, 6.07) is 13.4. The first-order valence-corrected chi connectivity index (χ1v) is 10.5. The highest BCUT2D eigenvalue weighted by Crippen LogP contribution is 2.49. The highest BCUT2D eigenvalue weighted by Gasteiger charge is 2.26. The number of nitrogens with zero attached hydrogens (tertiary/aromatic N) is 3. The Labute approximate surface area is 190 Å². The minimum absolute atomic E-state index is 0.138. The third-order valence-electron chi connectivity index (χ3n) is 4.36. The minimum atomic E-state index is -1.26. The van der Waals surface area contributed by atoms with Crippen LogP contribution in [0.1, 0.15) is 6.92 Å². The number of hydrogen-bond donors (Lipinski definition) is 2. The summed E-state index contributed by atoms with van der Waals surface area (Å²) in [5.74, 6) is -2.08. The summed E-state index contributed by atoms with van der Waals surface area (Å²) in [5.41, 5.74) is 2.19. The van der Waals surface area contributed by atoms with Crippen LogP contribution in [0.25, 0.3) is 0 Å². The fourth-order valence-electron chi connectivity index (χ4n) is 3.26. The van der Waals surface area contributed by atoms with Crippen LogP contribution in [0.4, 0.5) is 17.1 Å². The molecule has 3 rings (SSSR count). The number of rotatable bonds is 7. The molecule has 32 heavy (non-hydrogen) atoms. The molecule has 10 heteroatoms. The van der Waals surface area contributed by atoms with Crippen LogP contribution in [0.2, 0.25) is 0 Å². The van der Waals surface area contributed by atoms with Gasteiger partial charge in [0.2, 0.25) is 0 Å². The quantitative estimate of drug-likeness (QED) is 0.357. The van der Waals surface area contributed by atoms with Crippen LogP contribution in [-0.2, 0) is 9.59 Å². The van der Waals surface area contributed by atoms with Crippen molar-refractivity contribution in [3.8, 4) is 0 Å². The molecular formula is C22H25N3O6S. The molecule has 2 aromatic carbocycles. The topological polar surface area (TPSA) is 124 Å². The molecule has 170 valence electrons. The van der Waals surface area contributed by atoms with E-state index < -0.39 is 11.9 Å². The van der Waals surface area contributed by atoms with Crippen LogP contribution in [-0.4, -0.2) is 59.2 Å². The number of carbonyl (C=O) groups is 2. The van der Waals surface area contributed by atoms with Crippen molar-refractivity contribution in [3.05, 3.63) is 64.7 Å². The Bertz CT molecular complexity index is 1010. The first kappa shape index (κ1) is 24.9. The molecule has 0 aliphatic carbocycles. The van der Waals surface area contributed by atoms with E-state index in [1.807, 2.05) is 18.2 Å². The number of anilines is 2. The lowest BCUT2D eigenvalue weighted by Crippen LogP contribution is -2.31. The number of carboxylic acid groups (broad SMARTS) is 2. The Morgan fingerprint density at radius 2 is 1.69 bits per heavy atom. The van der Waals surface area contributed by atoms with Crippen LogP contribution >= 0.6 is 11.8 Å². The van der Waals surface area contributed by atoms with Crippen LogP contribution in [0.5, 0.6) is 0 Å². The van der Waals surface area contributed by atoms with Gasteiger partial charge in [-0.25, -0.2) is 9.59 Å². The molecule has 0 radical (unpaired) electrons. The first-order chi connectivity index (χ1) is 15.1. The smallest absolute Gasteiger partial charge is 0.328 e. The third kappa shape index (κ3) is 7.10. The maximum Gasteiger partial charge on any atom is 0.328 e. The van der Waals surface area contributed by atoms with Gasteiger partial charge in [0, 0.05) is 47.2 Å². The van der Waals surface area contributed by atoms with Crippen LogP contribution in [0.15, 0.2) is 64.4 Å². The van der Waals surface area contributed by atoms with Gasteiger partial charge < -0.3 is 20.0 Å². The molecule has 0 spiro atoms. The molecule has 1 heterocycles.